The van der Waals surface area contributed by atoms with Gasteiger partial charge < -0.3 is 20.1 Å². The number of amides is 2. The van der Waals surface area contributed by atoms with E-state index in [2.05, 4.69) is 15.4 Å². The highest BCUT2D eigenvalue weighted by Crippen LogP contribution is 2.34. The lowest BCUT2D eigenvalue weighted by molar-refractivity contribution is -0.137. The molecule has 4 rings (SSSR count). The van der Waals surface area contributed by atoms with Crippen LogP contribution < -0.4 is 20.1 Å². The molecule has 12 heteroatoms. The molecule has 8 nitrogen and oxygen atoms in total. The minimum atomic E-state index is -4.56. The molecule has 1 saturated carbocycles. The van der Waals surface area contributed by atoms with E-state index in [9.17, 15) is 26.4 Å². The van der Waals surface area contributed by atoms with Crippen molar-refractivity contribution in [3.63, 3.8) is 0 Å². The molecule has 3 N–H and O–H groups in total. The number of urea groups is 1. The summed E-state index contributed by atoms with van der Waals surface area (Å²) < 4.78 is 77.3. The van der Waals surface area contributed by atoms with Crippen LogP contribution in [0.1, 0.15) is 18.4 Å². The predicted molar refractivity (Wildman–Crippen MR) is 114 cm³/mol. The maximum atomic E-state index is 12.9. The average Bonchev–Trinajstić information content (AvgIpc) is 3.54. The standard InChI is InChI=1S/C21H22F3N3O5S/c22-21(23,24)14-2-1-3-15(8-14)25-20(28)26-18-9-17(33(29,30)27-16-11-31-12-16)6-7-19(18)32-10-13-4-5-13/h1-3,6-9,13,16,27H,4-5,10-12H2,(H2,25,26,28). The average molecular weight is 485 g/mol. The fourth-order valence-corrected chi connectivity index (χ4v) is 4.27. The lowest BCUT2D eigenvalue weighted by Gasteiger charge is -2.26. The number of anilines is 2. The van der Waals surface area contributed by atoms with E-state index >= 15 is 0 Å². The molecule has 2 fully saturated rings. The van der Waals surface area contributed by atoms with Gasteiger partial charge in [-0.25, -0.2) is 17.9 Å². The van der Waals surface area contributed by atoms with Crippen LogP contribution in [0.25, 0.3) is 0 Å². The van der Waals surface area contributed by atoms with Crippen molar-refractivity contribution >= 4 is 27.4 Å². The van der Waals surface area contributed by atoms with Gasteiger partial charge in [0.2, 0.25) is 10.0 Å². The Hall–Kier alpha value is -2.83. The van der Waals surface area contributed by atoms with Crippen molar-refractivity contribution in [1.29, 1.82) is 0 Å². The third-order valence-corrected chi connectivity index (χ3v) is 6.61. The molecule has 0 unspecified atom stereocenters. The van der Waals surface area contributed by atoms with E-state index in [4.69, 9.17) is 9.47 Å². The van der Waals surface area contributed by atoms with Gasteiger partial charge >= 0.3 is 12.2 Å². The van der Waals surface area contributed by atoms with Crippen LogP contribution in [0.2, 0.25) is 0 Å². The van der Waals surface area contributed by atoms with Gasteiger partial charge in [-0.3, -0.25) is 0 Å². The number of carbonyl (C=O) groups is 1. The van der Waals surface area contributed by atoms with Gasteiger partial charge in [-0.2, -0.15) is 13.2 Å². The number of benzene rings is 2. The minimum Gasteiger partial charge on any atom is -0.491 e. The second kappa shape index (κ2) is 9.20. The summed E-state index contributed by atoms with van der Waals surface area (Å²) in [6.07, 6.45) is -2.50. The summed E-state index contributed by atoms with van der Waals surface area (Å²) in [5.41, 5.74) is -0.904. The number of hydrogen-bond donors (Lipinski definition) is 3. The molecule has 0 aromatic heterocycles. The third-order valence-electron chi connectivity index (χ3n) is 5.09. The monoisotopic (exact) mass is 485 g/mol. The first-order chi connectivity index (χ1) is 15.6. The number of ether oxygens (including phenoxy) is 2. The number of nitrogens with one attached hydrogen (secondary N) is 3. The van der Waals surface area contributed by atoms with Crippen molar-refractivity contribution in [1.82, 2.24) is 4.72 Å². The first-order valence-electron chi connectivity index (χ1n) is 10.2. The second-order valence-corrected chi connectivity index (χ2v) is 9.64. The van der Waals surface area contributed by atoms with Crippen molar-refractivity contribution in [3.05, 3.63) is 48.0 Å². The van der Waals surface area contributed by atoms with Gasteiger partial charge in [-0.1, -0.05) is 6.07 Å². The largest absolute Gasteiger partial charge is 0.491 e. The zero-order valence-corrected chi connectivity index (χ0v) is 18.1. The normalized spacial score (nSPS) is 16.7. The Kier molecular flexibility index (Phi) is 6.50. The summed E-state index contributed by atoms with van der Waals surface area (Å²) in [5, 5.41) is 4.81. The van der Waals surface area contributed by atoms with Gasteiger partial charge in [0.25, 0.3) is 0 Å². The second-order valence-electron chi connectivity index (χ2n) is 7.93. The molecule has 2 amide bonds. The summed E-state index contributed by atoms with van der Waals surface area (Å²) in [5.74, 6) is 0.660. The van der Waals surface area contributed by atoms with Crippen molar-refractivity contribution in [2.75, 3.05) is 30.5 Å². The van der Waals surface area contributed by atoms with Gasteiger partial charge in [-0.05, 0) is 55.2 Å². The molecule has 1 aliphatic carbocycles. The van der Waals surface area contributed by atoms with Crippen molar-refractivity contribution < 1.29 is 35.9 Å². The van der Waals surface area contributed by atoms with Gasteiger partial charge in [0.1, 0.15) is 5.75 Å². The topological polar surface area (TPSA) is 106 Å². The summed E-state index contributed by atoms with van der Waals surface area (Å²) in [6.45, 7) is 0.951. The minimum absolute atomic E-state index is 0.0711. The van der Waals surface area contributed by atoms with Crippen LogP contribution >= 0.6 is 0 Å². The third kappa shape index (κ3) is 6.15. The Bertz CT molecular complexity index is 1130. The molecule has 2 aliphatic rings. The summed E-state index contributed by atoms with van der Waals surface area (Å²) in [6, 6.07) is 7.04. The van der Waals surface area contributed by atoms with Crippen molar-refractivity contribution in [2.24, 2.45) is 5.92 Å². The van der Waals surface area contributed by atoms with Crippen LogP contribution in [0.3, 0.4) is 0 Å². The first-order valence-corrected chi connectivity index (χ1v) is 11.7. The van der Waals surface area contributed by atoms with Crippen LogP contribution in [0, 0.1) is 5.92 Å². The molecular formula is C21H22F3N3O5S. The Morgan fingerprint density at radius 3 is 2.48 bits per heavy atom. The van der Waals surface area contributed by atoms with E-state index in [0.29, 0.717) is 12.5 Å². The predicted octanol–water partition coefficient (Wildman–Crippen LogP) is 3.82. The highest BCUT2D eigenvalue weighted by atomic mass is 32.2. The van der Waals surface area contributed by atoms with E-state index in [1.54, 1.807) is 0 Å². The molecule has 33 heavy (non-hydrogen) atoms. The number of carbonyl (C=O) groups excluding carboxylic acids is 1. The Morgan fingerprint density at radius 1 is 1.09 bits per heavy atom. The van der Waals surface area contributed by atoms with E-state index in [-0.39, 0.29) is 41.3 Å². The van der Waals surface area contributed by atoms with Crippen molar-refractivity contribution in [3.8, 4) is 5.75 Å². The fourth-order valence-electron chi connectivity index (χ4n) is 3.04. The van der Waals surface area contributed by atoms with E-state index in [0.717, 1.165) is 25.0 Å². The molecule has 1 aliphatic heterocycles. The molecule has 2 aromatic rings. The molecule has 1 heterocycles. The molecule has 2 aromatic carbocycles. The summed E-state index contributed by atoms with van der Waals surface area (Å²) >= 11 is 0. The molecule has 178 valence electrons. The number of alkyl halides is 3. The summed E-state index contributed by atoms with van der Waals surface area (Å²) in [7, 11) is -3.88. The van der Waals surface area contributed by atoms with Gasteiger partial charge in [-0.15, -0.1) is 0 Å². The Balaban J connectivity index is 1.52. The van der Waals surface area contributed by atoms with Crippen LogP contribution in [0.4, 0.5) is 29.3 Å². The van der Waals surface area contributed by atoms with Crippen molar-refractivity contribution in [2.45, 2.75) is 30.0 Å². The highest BCUT2D eigenvalue weighted by Gasteiger charge is 2.31. The molecule has 0 bridgehead atoms. The van der Waals surface area contributed by atoms with Crippen LogP contribution in [-0.4, -0.2) is 40.3 Å². The molecular weight excluding hydrogens is 463 g/mol. The Labute approximate surface area is 188 Å². The number of sulfonamides is 1. The van der Waals surface area contributed by atoms with E-state index in [1.165, 1.54) is 30.3 Å². The van der Waals surface area contributed by atoms with Crippen LogP contribution in [0.5, 0.6) is 5.75 Å². The molecule has 1 saturated heterocycles. The smallest absolute Gasteiger partial charge is 0.416 e. The zero-order chi connectivity index (χ0) is 23.6. The Morgan fingerprint density at radius 2 is 1.85 bits per heavy atom. The number of rotatable bonds is 8. The van der Waals surface area contributed by atoms with Crippen LogP contribution in [-0.2, 0) is 20.9 Å². The lowest BCUT2D eigenvalue weighted by Crippen LogP contribution is -2.48. The van der Waals surface area contributed by atoms with Gasteiger partial charge in [0.15, 0.2) is 0 Å². The zero-order valence-electron chi connectivity index (χ0n) is 17.3. The van der Waals surface area contributed by atoms with Gasteiger partial charge in [0.05, 0.1) is 42.0 Å². The molecule has 0 radical (unpaired) electrons. The van der Waals surface area contributed by atoms with Gasteiger partial charge in [0, 0.05) is 5.69 Å². The molecule has 0 atom stereocenters. The lowest BCUT2D eigenvalue weighted by atomic mass is 10.2. The molecule has 0 spiro atoms. The number of hydrogen-bond acceptors (Lipinski definition) is 5. The van der Waals surface area contributed by atoms with Crippen LogP contribution in [0.15, 0.2) is 47.4 Å². The highest BCUT2D eigenvalue weighted by molar-refractivity contribution is 7.89. The maximum Gasteiger partial charge on any atom is 0.416 e. The fraction of sp³-hybridized carbons (Fsp3) is 0.381. The summed E-state index contributed by atoms with van der Waals surface area (Å²) in [4.78, 5) is 12.4. The van der Waals surface area contributed by atoms with E-state index < -0.39 is 27.8 Å². The quantitative estimate of drug-likeness (QED) is 0.527. The van der Waals surface area contributed by atoms with E-state index in [1.807, 2.05) is 0 Å². The maximum absolute atomic E-state index is 12.9. The number of halogens is 3. The first kappa shape index (κ1) is 23.3. The SMILES string of the molecule is O=C(Nc1cccc(C(F)(F)F)c1)Nc1cc(S(=O)(=O)NC2COC2)ccc1OCC1CC1.